The number of hydrogen-bond acceptors (Lipinski definition) is 3. The minimum Gasteiger partial charge on any atom is -0.370 e. The Morgan fingerprint density at radius 1 is 1.38 bits per heavy atom. The normalized spacial score (nSPS) is 37.2. The van der Waals surface area contributed by atoms with Crippen LogP contribution in [0, 0.1) is 5.41 Å². The molecule has 1 unspecified atom stereocenters. The number of aliphatic imine (C=N–C) groups is 1. The van der Waals surface area contributed by atoms with Crippen molar-refractivity contribution in [3.05, 3.63) is 0 Å². The molecular weight excluding hydrogens is 162 g/mol. The molecule has 74 valence electrons. The zero-order valence-corrected chi connectivity index (χ0v) is 8.80. The van der Waals surface area contributed by atoms with Crippen LogP contribution in [0.3, 0.4) is 0 Å². The van der Waals surface area contributed by atoms with Crippen LogP contribution >= 0.6 is 0 Å². The first-order chi connectivity index (χ1) is 5.95. The maximum absolute atomic E-state index is 5.80. The van der Waals surface area contributed by atoms with Crippen molar-refractivity contribution in [3.8, 4) is 0 Å². The zero-order chi connectivity index (χ0) is 9.69. The van der Waals surface area contributed by atoms with Gasteiger partial charge in [0.15, 0.2) is 5.96 Å². The first kappa shape index (κ1) is 8.85. The second-order valence-electron chi connectivity index (χ2n) is 5.30. The summed E-state index contributed by atoms with van der Waals surface area (Å²) in [4.78, 5) is 6.52. The van der Waals surface area contributed by atoms with Crippen molar-refractivity contribution in [1.82, 2.24) is 4.90 Å². The Balaban J connectivity index is 2.18. The van der Waals surface area contributed by atoms with Crippen molar-refractivity contribution in [2.24, 2.45) is 16.1 Å². The molecule has 1 aliphatic carbocycles. The molecule has 1 saturated carbocycles. The quantitative estimate of drug-likeness (QED) is 0.610. The second-order valence-corrected chi connectivity index (χ2v) is 5.30. The Morgan fingerprint density at radius 2 is 2.08 bits per heavy atom. The lowest BCUT2D eigenvalue weighted by molar-refractivity contribution is 0.217. The first-order valence-electron chi connectivity index (χ1n) is 4.99. The van der Waals surface area contributed by atoms with Crippen LogP contribution in [0.2, 0.25) is 0 Å². The molecule has 0 radical (unpaired) electrons. The Bertz CT molecular complexity index is 257. The smallest absolute Gasteiger partial charge is 0.191 e. The summed E-state index contributed by atoms with van der Waals surface area (Å²) in [5.74, 6) is 0.720. The van der Waals surface area contributed by atoms with Gasteiger partial charge in [-0.3, -0.25) is 4.99 Å². The summed E-state index contributed by atoms with van der Waals surface area (Å²) in [6.07, 6.45) is 3.75. The SMILES string of the molecule is CN1C(N)=NCC12CCC(C)(C)C2. The molecule has 1 fully saturated rings. The van der Waals surface area contributed by atoms with Crippen molar-refractivity contribution in [2.75, 3.05) is 13.6 Å². The van der Waals surface area contributed by atoms with Gasteiger partial charge in [0.25, 0.3) is 0 Å². The highest BCUT2D eigenvalue weighted by Crippen LogP contribution is 2.47. The van der Waals surface area contributed by atoms with Crippen LogP contribution in [0.15, 0.2) is 4.99 Å². The standard InChI is InChI=1S/C10H19N3/c1-9(2)4-5-10(6-9)7-12-8(11)13(10)3/h4-7H2,1-3H3,(H2,11,12). The highest BCUT2D eigenvalue weighted by molar-refractivity contribution is 5.80. The van der Waals surface area contributed by atoms with E-state index in [9.17, 15) is 0 Å². The molecule has 2 aliphatic rings. The van der Waals surface area contributed by atoms with E-state index in [1.165, 1.54) is 19.3 Å². The summed E-state index contributed by atoms with van der Waals surface area (Å²) in [5.41, 5.74) is 6.52. The van der Waals surface area contributed by atoms with Crippen LogP contribution in [0.1, 0.15) is 33.1 Å². The minimum atomic E-state index is 0.258. The Hall–Kier alpha value is -0.730. The average Bonchev–Trinajstić information content (AvgIpc) is 2.48. The minimum absolute atomic E-state index is 0.258. The maximum Gasteiger partial charge on any atom is 0.191 e. The summed E-state index contributed by atoms with van der Waals surface area (Å²) in [6.45, 7) is 5.58. The van der Waals surface area contributed by atoms with Crippen molar-refractivity contribution in [2.45, 2.75) is 38.6 Å². The van der Waals surface area contributed by atoms with Gasteiger partial charge in [-0.05, 0) is 24.7 Å². The largest absolute Gasteiger partial charge is 0.370 e. The summed E-state index contributed by atoms with van der Waals surface area (Å²) in [6, 6.07) is 0. The Morgan fingerprint density at radius 3 is 2.46 bits per heavy atom. The molecule has 0 bridgehead atoms. The van der Waals surface area contributed by atoms with Gasteiger partial charge >= 0.3 is 0 Å². The van der Waals surface area contributed by atoms with Crippen molar-refractivity contribution >= 4 is 5.96 Å². The third kappa shape index (κ3) is 1.21. The third-order valence-corrected chi connectivity index (χ3v) is 3.67. The van der Waals surface area contributed by atoms with Crippen molar-refractivity contribution in [1.29, 1.82) is 0 Å². The van der Waals surface area contributed by atoms with Gasteiger partial charge in [0.1, 0.15) is 0 Å². The molecule has 3 nitrogen and oxygen atoms in total. The average molecular weight is 181 g/mol. The van der Waals surface area contributed by atoms with Gasteiger partial charge in [0.05, 0.1) is 12.1 Å². The van der Waals surface area contributed by atoms with E-state index in [0.717, 1.165) is 12.5 Å². The monoisotopic (exact) mass is 181 g/mol. The zero-order valence-electron chi connectivity index (χ0n) is 8.80. The summed E-state index contributed by atoms with van der Waals surface area (Å²) >= 11 is 0. The fourth-order valence-corrected chi connectivity index (χ4v) is 2.74. The predicted octanol–water partition coefficient (Wildman–Crippen LogP) is 1.20. The molecule has 2 N–H and O–H groups in total. The molecule has 1 heterocycles. The fourth-order valence-electron chi connectivity index (χ4n) is 2.74. The van der Waals surface area contributed by atoms with E-state index >= 15 is 0 Å². The van der Waals surface area contributed by atoms with E-state index in [0.29, 0.717) is 5.41 Å². The van der Waals surface area contributed by atoms with Gasteiger partial charge in [0.2, 0.25) is 0 Å². The highest BCUT2D eigenvalue weighted by atomic mass is 15.3. The lowest BCUT2D eigenvalue weighted by atomic mass is 9.87. The number of guanidine groups is 1. The number of nitrogens with two attached hydrogens (primary N) is 1. The number of likely N-dealkylation sites (N-methyl/N-ethyl adjacent to an activating group) is 1. The van der Waals surface area contributed by atoms with Gasteiger partial charge in [-0.25, -0.2) is 0 Å². The molecule has 0 aromatic heterocycles. The van der Waals surface area contributed by atoms with E-state index in [1.807, 2.05) is 0 Å². The van der Waals surface area contributed by atoms with Crippen LogP contribution in [0.5, 0.6) is 0 Å². The molecule has 1 spiro atoms. The van der Waals surface area contributed by atoms with Gasteiger partial charge in [-0.2, -0.15) is 0 Å². The highest BCUT2D eigenvalue weighted by Gasteiger charge is 2.48. The molecule has 1 atom stereocenters. The van der Waals surface area contributed by atoms with E-state index in [-0.39, 0.29) is 5.54 Å². The second kappa shape index (κ2) is 2.40. The van der Waals surface area contributed by atoms with E-state index in [4.69, 9.17) is 5.73 Å². The molecule has 3 heteroatoms. The van der Waals surface area contributed by atoms with Crippen molar-refractivity contribution in [3.63, 3.8) is 0 Å². The lowest BCUT2D eigenvalue weighted by Crippen LogP contribution is -2.47. The fraction of sp³-hybridized carbons (Fsp3) is 0.900. The summed E-state index contributed by atoms with van der Waals surface area (Å²) in [7, 11) is 2.08. The third-order valence-electron chi connectivity index (χ3n) is 3.67. The molecule has 0 amide bonds. The lowest BCUT2D eigenvalue weighted by Gasteiger charge is -2.34. The van der Waals surface area contributed by atoms with Gasteiger partial charge in [0, 0.05) is 7.05 Å². The predicted molar refractivity (Wildman–Crippen MR) is 54.6 cm³/mol. The van der Waals surface area contributed by atoms with Crippen LogP contribution < -0.4 is 5.73 Å². The van der Waals surface area contributed by atoms with Gasteiger partial charge in [-0.15, -0.1) is 0 Å². The molecule has 1 aliphatic heterocycles. The van der Waals surface area contributed by atoms with Crippen LogP contribution in [-0.2, 0) is 0 Å². The number of rotatable bonds is 0. The number of nitrogens with zero attached hydrogens (tertiary/aromatic N) is 2. The molecule has 0 saturated heterocycles. The summed E-state index contributed by atoms with van der Waals surface area (Å²) < 4.78 is 0. The van der Waals surface area contributed by atoms with Crippen molar-refractivity contribution < 1.29 is 0 Å². The Labute approximate surface area is 80.0 Å². The molecule has 0 aromatic carbocycles. The maximum atomic E-state index is 5.80. The van der Waals surface area contributed by atoms with Gasteiger partial charge < -0.3 is 10.6 Å². The number of hydrogen-bond donors (Lipinski definition) is 1. The molecule has 2 rings (SSSR count). The molecular formula is C10H19N3. The van der Waals surface area contributed by atoms with Gasteiger partial charge in [-0.1, -0.05) is 13.8 Å². The van der Waals surface area contributed by atoms with E-state index in [1.54, 1.807) is 0 Å². The topological polar surface area (TPSA) is 41.6 Å². The molecule has 13 heavy (non-hydrogen) atoms. The Kier molecular flexibility index (Phi) is 1.63. The molecule has 0 aromatic rings. The van der Waals surface area contributed by atoms with E-state index in [2.05, 4.69) is 30.8 Å². The first-order valence-corrected chi connectivity index (χ1v) is 4.99. The van der Waals surface area contributed by atoms with Crippen LogP contribution in [-0.4, -0.2) is 30.0 Å². The van der Waals surface area contributed by atoms with Crippen LogP contribution in [0.4, 0.5) is 0 Å². The van der Waals surface area contributed by atoms with E-state index < -0.39 is 0 Å². The van der Waals surface area contributed by atoms with Crippen LogP contribution in [0.25, 0.3) is 0 Å². The summed E-state index contributed by atoms with van der Waals surface area (Å²) in [5, 5.41) is 0.